The molecule has 6 aromatic carbocycles. The Morgan fingerprint density at radius 1 is 0.621 bits per heavy atom. The van der Waals surface area contributed by atoms with Gasteiger partial charge < -0.3 is 48.5 Å². The Hall–Kier alpha value is -7.35. The Bertz CT molecular complexity index is 3720. The highest BCUT2D eigenvalue weighted by molar-refractivity contribution is 5.95. The molecule has 1 spiro atoms. The SMILES string of the molecule is CN(CCCCCC(=O)N(C)CCN1CCC(OC(=O)Nc2ccccc2-c2ccccc2)CC1)CCc1ccc(C(=O)N(C)CCCN(C)C(=O)CO[C@H]2Cc3ccccc3C23CCN(CC[C@@]2(c4ccc(F)cc4)CN(C(=O)c4cc(C(F)(F)F)cc(C(F)(F)F)c4)CO2)CC3)cc1.Cl.Cl.Cl. The average Bonchev–Trinajstić information content (AvgIpc) is 1.60. The summed E-state index contributed by atoms with van der Waals surface area (Å²) < 4.78 is 116. The molecule has 6 aromatic rings. The molecule has 0 radical (unpaired) electrons. The molecule has 16 nitrogen and oxygen atoms in total. The number of anilines is 1. The molecule has 0 unspecified atom stereocenters. The third kappa shape index (κ3) is 21.9. The summed E-state index contributed by atoms with van der Waals surface area (Å²) in [6, 6.07) is 39.7. The summed E-state index contributed by atoms with van der Waals surface area (Å²) in [5.74, 6) is -1.75. The first-order valence-corrected chi connectivity index (χ1v) is 34.6. The van der Waals surface area contributed by atoms with Crippen LogP contribution in [-0.4, -0.2) is 196 Å². The van der Waals surface area contributed by atoms with E-state index in [1.807, 2.05) is 103 Å². The topological polar surface area (TPSA) is 148 Å². The number of carbonyl (C=O) groups is 5. The van der Waals surface area contributed by atoms with Crippen LogP contribution >= 0.6 is 37.2 Å². The van der Waals surface area contributed by atoms with Gasteiger partial charge in [-0.15, -0.1) is 37.2 Å². The van der Waals surface area contributed by atoms with Crippen LogP contribution in [0.3, 0.4) is 0 Å². The van der Waals surface area contributed by atoms with Crippen molar-refractivity contribution in [3.8, 4) is 11.1 Å². The van der Waals surface area contributed by atoms with Crippen molar-refractivity contribution in [1.82, 2.24) is 34.3 Å². The number of amides is 5. The molecule has 1 aliphatic carbocycles. The lowest BCUT2D eigenvalue weighted by molar-refractivity contribution is -0.143. The van der Waals surface area contributed by atoms with E-state index in [0.717, 1.165) is 98.4 Å². The monoisotopic (exact) mass is 1500 g/mol. The van der Waals surface area contributed by atoms with Crippen molar-refractivity contribution < 1.29 is 68.9 Å². The molecule has 0 saturated carbocycles. The van der Waals surface area contributed by atoms with Crippen LogP contribution in [0.2, 0.25) is 0 Å². The molecule has 3 heterocycles. The van der Waals surface area contributed by atoms with Crippen LogP contribution in [0.5, 0.6) is 0 Å². The molecule has 4 aliphatic rings. The third-order valence-electron chi connectivity index (χ3n) is 20.4. The van der Waals surface area contributed by atoms with E-state index in [4.69, 9.17) is 14.2 Å². The van der Waals surface area contributed by atoms with E-state index in [9.17, 15) is 54.7 Å². The zero-order valence-corrected chi connectivity index (χ0v) is 61.1. The number of alkyl halides is 6. The molecular weight excluding hydrogens is 1400 g/mol. The van der Waals surface area contributed by atoms with Crippen molar-refractivity contribution in [3.63, 3.8) is 0 Å². The van der Waals surface area contributed by atoms with Gasteiger partial charge in [-0.25, -0.2) is 9.18 Å². The summed E-state index contributed by atoms with van der Waals surface area (Å²) >= 11 is 0. The lowest BCUT2D eigenvalue weighted by atomic mass is 9.72. The first kappa shape index (κ1) is 82.9. The van der Waals surface area contributed by atoms with Crippen molar-refractivity contribution in [2.45, 2.75) is 113 Å². The van der Waals surface area contributed by atoms with Gasteiger partial charge in [0.1, 0.15) is 30.9 Å². The predicted octanol–water partition coefficient (Wildman–Crippen LogP) is 14.3. The highest BCUT2D eigenvalue weighted by Gasteiger charge is 2.50. The first-order valence-electron chi connectivity index (χ1n) is 34.6. The second-order valence-corrected chi connectivity index (χ2v) is 27.2. The van der Waals surface area contributed by atoms with E-state index in [0.29, 0.717) is 100 Å². The van der Waals surface area contributed by atoms with E-state index < -0.39 is 64.6 Å². The first-order chi connectivity index (χ1) is 47.9. The Morgan fingerprint density at radius 3 is 1.92 bits per heavy atom. The van der Waals surface area contributed by atoms with Gasteiger partial charge in [-0.1, -0.05) is 103 Å². The van der Waals surface area contributed by atoms with Crippen molar-refractivity contribution in [1.29, 1.82) is 0 Å². The number of ether oxygens (including phenoxy) is 3. The minimum Gasteiger partial charge on any atom is -0.446 e. The van der Waals surface area contributed by atoms with Crippen LogP contribution in [0.1, 0.15) is 118 Å². The Morgan fingerprint density at radius 2 is 1.24 bits per heavy atom. The Kier molecular flexibility index (Phi) is 30.2. The highest BCUT2D eigenvalue weighted by atomic mass is 35.5. The number of fused-ring (bicyclic) bond motifs is 2. The molecule has 5 amide bonds. The van der Waals surface area contributed by atoms with E-state index >= 15 is 0 Å². The number of nitrogens with zero attached hydrogens (tertiary/aromatic N) is 7. The summed E-state index contributed by atoms with van der Waals surface area (Å²) in [7, 11) is 7.45. The van der Waals surface area contributed by atoms with E-state index in [1.54, 1.807) is 23.9 Å². The maximum Gasteiger partial charge on any atom is 0.416 e. The van der Waals surface area contributed by atoms with E-state index in [-0.39, 0.29) is 92.8 Å². The van der Waals surface area contributed by atoms with Crippen molar-refractivity contribution in [3.05, 3.63) is 196 Å². The number of benzene rings is 6. The zero-order valence-electron chi connectivity index (χ0n) is 58.7. The maximum atomic E-state index is 14.3. The molecule has 3 fully saturated rings. The molecule has 560 valence electrons. The maximum absolute atomic E-state index is 14.3. The summed E-state index contributed by atoms with van der Waals surface area (Å²) in [6.07, 6.45) is -2.86. The quantitative estimate of drug-likeness (QED) is 0.0370. The number of unbranched alkanes of at least 4 members (excludes halogenated alkanes) is 2. The number of hydrogen-bond donors (Lipinski definition) is 1. The van der Waals surface area contributed by atoms with Gasteiger partial charge in [0, 0.05) is 102 Å². The van der Waals surface area contributed by atoms with Gasteiger partial charge >= 0.3 is 18.4 Å². The molecule has 3 saturated heterocycles. The largest absolute Gasteiger partial charge is 0.446 e. The molecule has 0 bridgehead atoms. The Balaban J connectivity index is 0.00000495. The lowest BCUT2D eigenvalue weighted by Gasteiger charge is -2.44. The number of para-hydroxylation sites is 1. The third-order valence-corrected chi connectivity index (χ3v) is 20.4. The fourth-order valence-electron chi connectivity index (χ4n) is 14.3. The summed E-state index contributed by atoms with van der Waals surface area (Å²) in [5, 5.41) is 2.94. The number of nitrogens with one attached hydrogen (secondary N) is 1. The molecule has 1 N–H and O–H groups in total. The van der Waals surface area contributed by atoms with E-state index in [1.165, 1.54) is 29.8 Å². The van der Waals surface area contributed by atoms with Gasteiger partial charge in [0.25, 0.3) is 11.8 Å². The molecule has 10 rings (SSSR count). The normalized spacial score (nSPS) is 17.6. The van der Waals surface area contributed by atoms with Gasteiger partial charge in [0.15, 0.2) is 0 Å². The van der Waals surface area contributed by atoms with Crippen molar-refractivity contribution in [2.24, 2.45) is 0 Å². The zero-order chi connectivity index (χ0) is 71.2. The lowest BCUT2D eigenvalue weighted by Crippen LogP contribution is -2.50. The van der Waals surface area contributed by atoms with Crippen LogP contribution in [0.15, 0.2) is 146 Å². The molecule has 3 aliphatic heterocycles. The Labute approximate surface area is 617 Å². The van der Waals surface area contributed by atoms with Crippen LogP contribution < -0.4 is 5.32 Å². The minimum absolute atomic E-state index is 0. The second kappa shape index (κ2) is 37.6. The predicted molar refractivity (Wildman–Crippen MR) is 390 cm³/mol. The number of carbonyl (C=O) groups excluding carboxylic acids is 5. The molecular formula is C77H94Cl3F7N8O8. The van der Waals surface area contributed by atoms with E-state index in [2.05, 4.69) is 39.2 Å². The van der Waals surface area contributed by atoms with Crippen LogP contribution in [-0.2, 0) is 60.0 Å². The van der Waals surface area contributed by atoms with Gasteiger partial charge in [-0.05, 0) is 167 Å². The fraction of sp³-hybridized carbons (Fsp3) is 0.468. The van der Waals surface area contributed by atoms with Gasteiger partial charge in [-0.2, -0.15) is 26.3 Å². The highest BCUT2D eigenvalue weighted by Crippen LogP contribution is 2.49. The number of halogens is 10. The van der Waals surface area contributed by atoms with Gasteiger partial charge in [0.05, 0.1) is 29.5 Å². The number of likely N-dealkylation sites (tertiary alicyclic amines) is 2. The number of rotatable bonds is 28. The second-order valence-electron chi connectivity index (χ2n) is 27.2. The van der Waals surface area contributed by atoms with Crippen LogP contribution in [0, 0.1) is 5.82 Å². The van der Waals surface area contributed by atoms with Crippen molar-refractivity contribution in [2.75, 3.05) is 125 Å². The van der Waals surface area contributed by atoms with Crippen molar-refractivity contribution >= 4 is 72.6 Å². The smallest absolute Gasteiger partial charge is 0.416 e. The number of piperidine rings is 2. The standard InChI is InChI=1S/C77H91F7N8O8.3ClH/c1-86(37-14-6-9-22-69(93)88(3)46-47-90-41-32-64(33-42-90)100-73(97)85-67-21-13-11-19-65(67)56-16-7-5-8-17-56)40-31-55-23-25-57(26-24-55)71(95)89(4)39-15-38-87(2)70(94)52-98-68-50-58-18-10-12-20-66(58)74(68)34-43-91(44-35-74)45-36-75(60-27-29-63(78)30-28-60)53-92(54-99-75)72(96)59-48-61(76(79,80)81)51-62(49-59)77(82,83)84;;;/h5,7-8,10-13,16-21,23-30,48-49,51,64,68H,6,9,14-15,22,31-47,50,52-54H2,1-4H3,(H,85,97);3*1H/t68-,75-;;;/m0.../s1. The molecule has 0 aromatic heterocycles. The summed E-state index contributed by atoms with van der Waals surface area (Å²) in [6.45, 7) is 6.48. The average molecular weight is 1500 g/mol. The fourth-order valence-corrected chi connectivity index (χ4v) is 14.3. The number of hydrogen-bond acceptors (Lipinski definition) is 11. The van der Waals surface area contributed by atoms with Gasteiger partial charge in [-0.3, -0.25) is 24.5 Å². The molecule has 103 heavy (non-hydrogen) atoms. The number of likely N-dealkylation sites (N-methyl/N-ethyl adjacent to an activating group) is 3. The molecule has 26 heteroatoms. The summed E-state index contributed by atoms with van der Waals surface area (Å²) in [5.41, 5.74) is 1.50. The van der Waals surface area contributed by atoms with Gasteiger partial charge in [0.2, 0.25) is 11.8 Å². The minimum atomic E-state index is -5.15. The van der Waals surface area contributed by atoms with Crippen LogP contribution in [0.25, 0.3) is 11.1 Å². The van der Waals surface area contributed by atoms with Crippen LogP contribution in [0.4, 0.5) is 41.2 Å². The summed E-state index contributed by atoms with van der Waals surface area (Å²) in [4.78, 5) is 79.9. The molecule has 2 atom stereocenters.